The molecule has 0 unspecified atom stereocenters. The van der Waals surface area contributed by atoms with Gasteiger partial charge in [-0.3, -0.25) is 9.59 Å². The van der Waals surface area contributed by atoms with E-state index in [1.165, 1.54) is 11.8 Å². The van der Waals surface area contributed by atoms with Crippen LogP contribution in [0.5, 0.6) is 0 Å². The van der Waals surface area contributed by atoms with Gasteiger partial charge >= 0.3 is 5.97 Å². The molecule has 1 aliphatic heterocycles. The summed E-state index contributed by atoms with van der Waals surface area (Å²) in [6, 6.07) is 9.61. The third-order valence-corrected chi connectivity index (χ3v) is 4.36. The minimum Gasteiger partial charge on any atom is -0.481 e. The average Bonchev–Trinajstić information content (AvgIpc) is 2.90. The van der Waals surface area contributed by atoms with Gasteiger partial charge in [0.25, 0.3) is 0 Å². The van der Waals surface area contributed by atoms with Gasteiger partial charge in [-0.05, 0) is 18.2 Å². The molecule has 0 aromatic heterocycles. The second-order valence-electron chi connectivity index (χ2n) is 4.63. The third kappa shape index (κ3) is 3.10. The van der Waals surface area contributed by atoms with E-state index in [4.69, 9.17) is 5.11 Å². The Bertz CT molecular complexity index is 463. The van der Waals surface area contributed by atoms with Crippen molar-refractivity contribution in [1.82, 2.24) is 4.90 Å². The molecule has 1 fully saturated rings. The first-order chi connectivity index (χ1) is 9.13. The largest absolute Gasteiger partial charge is 0.481 e. The number of hydrogen-bond acceptors (Lipinski definition) is 3. The quantitative estimate of drug-likeness (QED) is 0.916. The summed E-state index contributed by atoms with van der Waals surface area (Å²) in [4.78, 5) is 25.1. The highest BCUT2D eigenvalue weighted by Gasteiger charge is 2.34. The van der Waals surface area contributed by atoms with Crippen molar-refractivity contribution in [2.24, 2.45) is 5.92 Å². The molecule has 0 spiro atoms. The molecule has 1 aromatic rings. The van der Waals surface area contributed by atoms with Crippen LogP contribution in [0.25, 0.3) is 0 Å². The molecule has 1 saturated heterocycles. The smallest absolute Gasteiger partial charge is 0.308 e. The lowest BCUT2D eigenvalue weighted by Crippen LogP contribution is -2.33. The Hall–Kier alpha value is -1.49. The second kappa shape index (κ2) is 6.10. The molecule has 0 aliphatic carbocycles. The lowest BCUT2D eigenvalue weighted by molar-refractivity contribution is -0.141. The van der Waals surface area contributed by atoms with Gasteiger partial charge in [0.1, 0.15) is 5.25 Å². The highest BCUT2D eigenvalue weighted by Crippen LogP contribution is 2.30. The van der Waals surface area contributed by atoms with Crippen LogP contribution in [-0.2, 0) is 9.59 Å². The van der Waals surface area contributed by atoms with Crippen molar-refractivity contribution in [3.05, 3.63) is 35.9 Å². The maximum Gasteiger partial charge on any atom is 0.308 e. The van der Waals surface area contributed by atoms with Crippen molar-refractivity contribution in [2.75, 3.05) is 19.3 Å². The molecule has 0 saturated carbocycles. The summed E-state index contributed by atoms with van der Waals surface area (Å²) in [7, 11) is 0. The summed E-state index contributed by atoms with van der Waals surface area (Å²) in [6.45, 7) is 0.873. The van der Waals surface area contributed by atoms with Crippen molar-refractivity contribution in [3.63, 3.8) is 0 Å². The number of rotatable bonds is 4. The van der Waals surface area contributed by atoms with E-state index in [1.807, 2.05) is 36.6 Å². The van der Waals surface area contributed by atoms with Crippen LogP contribution in [0.2, 0.25) is 0 Å². The van der Waals surface area contributed by atoms with Crippen molar-refractivity contribution < 1.29 is 14.7 Å². The molecule has 1 aliphatic rings. The highest BCUT2D eigenvalue weighted by atomic mass is 32.2. The number of aliphatic carboxylic acids is 1. The summed E-state index contributed by atoms with van der Waals surface area (Å²) in [6.07, 6.45) is 2.46. The first-order valence-corrected chi connectivity index (χ1v) is 7.51. The average molecular weight is 279 g/mol. The Morgan fingerprint density at radius 1 is 1.37 bits per heavy atom. The van der Waals surface area contributed by atoms with Gasteiger partial charge in [-0.1, -0.05) is 30.3 Å². The van der Waals surface area contributed by atoms with E-state index < -0.39 is 11.9 Å². The van der Waals surface area contributed by atoms with Crippen molar-refractivity contribution in [2.45, 2.75) is 11.7 Å². The predicted molar refractivity (Wildman–Crippen MR) is 75.0 cm³/mol. The number of thioether (sulfide) groups is 1. The fraction of sp³-hybridized carbons (Fsp3) is 0.429. The summed E-state index contributed by atoms with van der Waals surface area (Å²) >= 11 is 1.49. The normalized spacial score (nSPS) is 20.3. The number of likely N-dealkylation sites (tertiary alicyclic amines) is 1. The molecule has 0 radical (unpaired) electrons. The number of carboxylic acid groups (broad SMARTS) is 1. The molecular formula is C14H17NO3S. The molecule has 1 amide bonds. The maximum atomic E-state index is 12.5. The molecule has 1 heterocycles. The van der Waals surface area contributed by atoms with Gasteiger partial charge in [0.15, 0.2) is 0 Å². The summed E-state index contributed by atoms with van der Waals surface area (Å²) in [5.74, 6) is -1.21. The van der Waals surface area contributed by atoms with Gasteiger partial charge in [0, 0.05) is 13.1 Å². The van der Waals surface area contributed by atoms with Crippen molar-refractivity contribution in [3.8, 4) is 0 Å². The fourth-order valence-corrected chi connectivity index (χ4v) is 3.12. The standard InChI is InChI=1S/C14H17NO3S/c1-19-12(10-5-3-2-4-6-10)13(16)15-8-7-11(9-15)14(17)18/h2-6,11-12H,7-9H2,1H3,(H,17,18)/t11-,12+/m1/s1. The zero-order valence-electron chi connectivity index (χ0n) is 10.8. The van der Waals surface area contributed by atoms with E-state index in [0.29, 0.717) is 19.5 Å². The molecule has 5 heteroatoms. The molecule has 4 nitrogen and oxygen atoms in total. The second-order valence-corrected chi connectivity index (χ2v) is 5.58. The third-order valence-electron chi connectivity index (χ3n) is 3.41. The van der Waals surface area contributed by atoms with Gasteiger partial charge < -0.3 is 10.0 Å². The Labute approximate surface area is 116 Å². The van der Waals surface area contributed by atoms with Gasteiger partial charge in [-0.2, -0.15) is 0 Å². The maximum absolute atomic E-state index is 12.5. The Morgan fingerprint density at radius 3 is 2.58 bits per heavy atom. The zero-order chi connectivity index (χ0) is 13.8. The molecule has 0 bridgehead atoms. The predicted octanol–water partition coefficient (Wildman–Crippen LogP) is 2.02. The van der Waals surface area contributed by atoms with E-state index in [9.17, 15) is 9.59 Å². The van der Waals surface area contributed by atoms with Crippen molar-refractivity contribution in [1.29, 1.82) is 0 Å². The van der Waals surface area contributed by atoms with Crippen LogP contribution in [0.1, 0.15) is 17.2 Å². The highest BCUT2D eigenvalue weighted by molar-refractivity contribution is 7.99. The lowest BCUT2D eigenvalue weighted by atomic mass is 10.1. The Balaban J connectivity index is 2.08. The van der Waals surface area contributed by atoms with Gasteiger partial charge in [0.05, 0.1) is 5.92 Å². The number of carbonyl (C=O) groups is 2. The van der Waals surface area contributed by atoms with Crippen LogP contribution in [-0.4, -0.2) is 41.2 Å². The SMILES string of the molecule is CS[C@H](C(=O)N1CC[C@@H](C(=O)O)C1)c1ccccc1. The van der Waals surface area contributed by atoms with E-state index in [0.717, 1.165) is 5.56 Å². The van der Waals surface area contributed by atoms with Crippen LogP contribution in [0.3, 0.4) is 0 Å². The Kier molecular flexibility index (Phi) is 4.47. The molecular weight excluding hydrogens is 262 g/mol. The topological polar surface area (TPSA) is 57.6 Å². The van der Waals surface area contributed by atoms with E-state index in [1.54, 1.807) is 4.90 Å². The van der Waals surface area contributed by atoms with Crippen LogP contribution in [0, 0.1) is 5.92 Å². The van der Waals surface area contributed by atoms with Crippen LogP contribution in [0.4, 0.5) is 0 Å². The molecule has 1 N–H and O–H groups in total. The van der Waals surface area contributed by atoms with Gasteiger partial charge in [-0.25, -0.2) is 0 Å². The van der Waals surface area contributed by atoms with Crippen LogP contribution in [0.15, 0.2) is 30.3 Å². The van der Waals surface area contributed by atoms with E-state index in [-0.39, 0.29) is 11.2 Å². The zero-order valence-corrected chi connectivity index (χ0v) is 11.6. The fourth-order valence-electron chi connectivity index (χ4n) is 2.34. The van der Waals surface area contributed by atoms with E-state index >= 15 is 0 Å². The number of carbonyl (C=O) groups excluding carboxylic acids is 1. The lowest BCUT2D eigenvalue weighted by Gasteiger charge is -2.22. The number of benzene rings is 1. The number of hydrogen-bond donors (Lipinski definition) is 1. The van der Waals surface area contributed by atoms with Crippen molar-refractivity contribution >= 4 is 23.6 Å². The summed E-state index contributed by atoms with van der Waals surface area (Å²) in [5.41, 5.74) is 0.971. The molecule has 102 valence electrons. The minimum atomic E-state index is -0.810. The first-order valence-electron chi connectivity index (χ1n) is 6.23. The molecule has 19 heavy (non-hydrogen) atoms. The molecule has 2 rings (SSSR count). The monoisotopic (exact) mass is 279 g/mol. The van der Waals surface area contributed by atoms with Gasteiger partial charge in [-0.15, -0.1) is 11.8 Å². The minimum absolute atomic E-state index is 0.0162. The summed E-state index contributed by atoms with van der Waals surface area (Å²) < 4.78 is 0. The number of amides is 1. The molecule has 2 atom stereocenters. The van der Waals surface area contributed by atoms with Crippen LogP contribution < -0.4 is 0 Å². The summed E-state index contributed by atoms with van der Waals surface area (Å²) in [5, 5.41) is 8.74. The number of nitrogens with zero attached hydrogens (tertiary/aromatic N) is 1. The van der Waals surface area contributed by atoms with Crippen LogP contribution >= 0.6 is 11.8 Å². The number of carboxylic acids is 1. The van der Waals surface area contributed by atoms with Gasteiger partial charge in [0.2, 0.25) is 5.91 Å². The molecule has 1 aromatic carbocycles. The first kappa shape index (κ1) is 13.9. The Morgan fingerprint density at radius 2 is 2.05 bits per heavy atom. The van der Waals surface area contributed by atoms with E-state index in [2.05, 4.69) is 0 Å².